The standard InChI is InChI=1S/C11H24N2O2Si/c1-16(2,3)8-7-15-9-13-6-4-5-10(12)11(13)14/h10H,4-9,12H2,1-3H3. The zero-order valence-electron chi connectivity index (χ0n) is 10.7. The number of carbonyl (C=O) groups excluding carboxylic acids is 1. The molecule has 0 bridgehead atoms. The molecular formula is C11H24N2O2Si. The Morgan fingerprint density at radius 1 is 1.50 bits per heavy atom. The Bertz CT molecular complexity index is 241. The molecule has 0 radical (unpaired) electrons. The van der Waals surface area contributed by atoms with Gasteiger partial charge in [0.15, 0.2) is 0 Å². The van der Waals surface area contributed by atoms with Crippen LogP contribution in [-0.4, -0.2) is 44.8 Å². The summed E-state index contributed by atoms with van der Waals surface area (Å²) in [6.45, 7) is 8.92. The zero-order valence-corrected chi connectivity index (χ0v) is 11.7. The van der Waals surface area contributed by atoms with Gasteiger partial charge in [0.05, 0.1) is 6.04 Å². The number of carbonyl (C=O) groups is 1. The van der Waals surface area contributed by atoms with E-state index in [1.807, 2.05) is 0 Å². The van der Waals surface area contributed by atoms with Crippen molar-refractivity contribution >= 4 is 14.0 Å². The lowest BCUT2D eigenvalue weighted by Gasteiger charge is -2.30. The van der Waals surface area contributed by atoms with Crippen LogP contribution in [0.1, 0.15) is 12.8 Å². The maximum absolute atomic E-state index is 11.6. The Morgan fingerprint density at radius 3 is 2.81 bits per heavy atom. The molecule has 1 amide bonds. The quantitative estimate of drug-likeness (QED) is 0.585. The van der Waals surface area contributed by atoms with Crippen molar-refractivity contribution < 1.29 is 9.53 Å². The highest BCUT2D eigenvalue weighted by Gasteiger charge is 2.25. The number of hydrogen-bond acceptors (Lipinski definition) is 3. The Morgan fingerprint density at radius 2 is 2.19 bits per heavy atom. The van der Waals surface area contributed by atoms with Crippen LogP contribution in [0.2, 0.25) is 25.7 Å². The molecule has 0 aromatic heterocycles. The maximum atomic E-state index is 11.6. The summed E-state index contributed by atoms with van der Waals surface area (Å²) < 4.78 is 5.55. The van der Waals surface area contributed by atoms with Crippen LogP contribution in [0, 0.1) is 0 Å². The van der Waals surface area contributed by atoms with Crippen LogP contribution < -0.4 is 5.73 Å². The molecule has 0 aliphatic carbocycles. The third kappa shape index (κ3) is 4.63. The molecule has 1 unspecified atom stereocenters. The van der Waals surface area contributed by atoms with Gasteiger partial charge in [0.1, 0.15) is 6.73 Å². The van der Waals surface area contributed by atoms with Gasteiger partial charge >= 0.3 is 0 Å². The van der Waals surface area contributed by atoms with Crippen molar-refractivity contribution in [3.05, 3.63) is 0 Å². The first-order valence-corrected chi connectivity index (χ1v) is 9.73. The summed E-state index contributed by atoms with van der Waals surface area (Å²) in [4.78, 5) is 13.4. The largest absolute Gasteiger partial charge is 0.361 e. The van der Waals surface area contributed by atoms with Crippen molar-refractivity contribution in [2.45, 2.75) is 44.6 Å². The fraction of sp³-hybridized carbons (Fsp3) is 0.909. The second kappa shape index (κ2) is 5.79. The molecule has 1 rings (SSSR count). The molecule has 1 aliphatic rings. The van der Waals surface area contributed by atoms with Crippen LogP contribution in [0.25, 0.3) is 0 Å². The van der Waals surface area contributed by atoms with Crippen molar-refractivity contribution in [2.75, 3.05) is 19.9 Å². The minimum absolute atomic E-state index is 0.0410. The van der Waals surface area contributed by atoms with Gasteiger partial charge in [-0.25, -0.2) is 0 Å². The number of amides is 1. The number of nitrogens with zero attached hydrogens (tertiary/aromatic N) is 1. The van der Waals surface area contributed by atoms with Gasteiger partial charge in [-0.15, -0.1) is 0 Å². The van der Waals surface area contributed by atoms with Crippen molar-refractivity contribution in [3.63, 3.8) is 0 Å². The molecule has 0 spiro atoms. The van der Waals surface area contributed by atoms with Gasteiger partial charge in [-0.2, -0.15) is 0 Å². The second-order valence-corrected chi connectivity index (χ2v) is 11.3. The number of ether oxygens (including phenoxy) is 1. The summed E-state index contributed by atoms with van der Waals surface area (Å²) in [6, 6.07) is 0.829. The average molecular weight is 244 g/mol. The van der Waals surface area contributed by atoms with Gasteiger partial charge in [0.25, 0.3) is 0 Å². The molecule has 0 aromatic carbocycles. The first-order chi connectivity index (χ1) is 7.40. The molecule has 1 aliphatic heterocycles. The number of rotatable bonds is 5. The van der Waals surface area contributed by atoms with Crippen LogP contribution >= 0.6 is 0 Å². The molecule has 2 N–H and O–H groups in total. The van der Waals surface area contributed by atoms with Gasteiger partial charge in [0.2, 0.25) is 5.91 Å². The van der Waals surface area contributed by atoms with E-state index in [4.69, 9.17) is 10.5 Å². The van der Waals surface area contributed by atoms with Gasteiger partial charge < -0.3 is 15.4 Å². The molecule has 0 aromatic rings. The van der Waals surface area contributed by atoms with Crippen LogP contribution in [0.5, 0.6) is 0 Å². The van der Waals surface area contributed by atoms with E-state index >= 15 is 0 Å². The van der Waals surface area contributed by atoms with E-state index in [0.29, 0.717) is 6.73 Å². The second-order valence-electron chi connectivity index (χ2n) is 5.70. The molecule has 1 atom stereocenters. The highest BCUT2D eigenvalue weighted by atomic mass is 28.3. The third-order valence-electron chi connectivity index (χ3n) is 2.82. The SMILES string of the molecule is C[Si](C)(C)CCOCN1CCCC(N)C1=O. The van der Waals surface area contributed by atoms with E-state index in [9.17, 15) is 4.79 Å². The molecule has 4 nitrogen and oxygen atoms in total. The van der Waals surface area contributed by atoms with Gasteiger partial charge in [-0.3, -0.25) is 4.79 Å². The summed E-state index contributed by atoms with van der Waals surface area (Å²) in [5.41, 5.74) is 5.70. The van der Waals surface area contributed by atoms with Crippen LogP contribution in [0.4, 0.5) is 0 Å². The normalized spacial score (nSPS) is 22.6. The number of piperidine rings is 1. The lowest BCUT2D eigenvalue weighted by atomic mass is 10.1. The summed E-state index contributed by atoms with van der Waals surface area (Å²) in [6.07, 6.45) is 1.80. The Balaban J connectivity index is 2.20. The van der Waals surface area contributed by atoms with E-state index in [1.165, 1.54) is 0 Å². The van der Waals surface area contributed by atoms with Crippen LogP contribution in [0.3, 0.4) is 0 Å². The molecule has 0 saturated carbocycles. The highest BCUT2D eigenvalue weighted by molar-refractivity contribution is 6.76. The smallest absolute Gasteiger partial charge is 0.241 e. The lowest BCUT2D eigenvalue weighted by Crippen LogP contribution is -2.49. The van der Waals surface area contributed by atoms with E-state index in [0.717, 1.165) is 32.0 Å². The summed E-state index contributed by atoms with van der Waals surface area (Å²) >= 11 is 0. The molecule has 16 heavy (non-hydrogen) atoms. The summed E-state index contributed by atoms with van der Waals surface area (Å²) in [5, 5.41) is 0. The van der Waals surface area contributed by atoms with Crippen molar-refractivity contribution in [2.24, 2.45) is 5.73 Å². The molecule has 1 fully saturated rings. The van der Waals surface area contributed by atoms with Gasteiger partial charge in [-0.1, -0.05) is 19.6 Å². The molecule has 1 saturated heterocycles. The van der Waals surface area contributed by atoms with Crippen LogP contribution in [-0.2, 0) is 9.53 Å². The topological polar surface area (TPSA) is 55.6 Å². The monoisotopic (exact) mass is 244 g/mol. The highest BCUT2D eigenvalue weighted by Crippen LogP contribution is 2.11. The van der Waals surface area contributed by atoms with Gasteiger partial charge in [-0.05, 0) is 18.9 Å². The van der Waals surface area contributed by atoms with Crippen LogP contribution in [0.15, 0.2) is 0 Å². The maximum Gasteiger partial charge on any atom is 0.241 e. The number of nitrogens with two attached hydrogens (primary N) is 1. The Labute approximate surface area is 99.1 Å². The van der Waals surface area contributed by atoms with E-state index in [-0.39, 0.29) is 11.9 Å². The van der Waals surface area contributed by atoms with Gasteiger partial charge in [0, 0.05) is 21.2 Å². The van der Waals surface area contributed by atoms with Crippen molar-refractivity contribution in [1.29, 1.82) is 0 Å². The van der Waals surface area contributed by atoms with Crippen molar-refractivity contribution in [1.82, 2.24) is 4.90 Å². The number of likely N-dealkylation sites (tertiary alicyclic amines) is 1. The molecule has 94 valence electrons. The van der Waals surface area contributed by atoms with E-state index < -0.39 is 8.07 Å². The summed E-state index contributed by atoms with van der Waals surface area (Å²) in [5.74, 6) is 0.0410. The first kappa shape index (κ1) is 13.7. The Kier molecular flexibility index (Phi) is 4.95. The fourth-order valence-electron chi connectivity index (χ4n) is 1.65. The molecule has 1 heterocycles. The zero-order chi connectivity index (χ0) is 12.2. The Hall–Kier alpha value is -0.393. The minimum atomic E-state index is -1.03. The van der Waals surface area contributed by atoms with Crippen molar-refractivity contribution in [3.8, 4) is 0 Å². The summed E-state index contributed by atoms with van der Waals surface area (Å²) in [7, 11) is -1.03. The predicted molar refractivity (Wildman–Crippen MR) is 67.9 cm³/mol. The minimum Gasteiger partial charge on any atom is -0.361 e. The lowest BCUT2D eigenvalue weighted by molar-refractivity contribution is -0.140. The van der Waals surface area contributed by atoms with E-state index in [1.54, 1.807) is 4.90 Å². The van der Waals surface area contributed by atoms with E-state index in [2.05, 4.69) is 19.6 Å². The fourth-order valence-corrected chi connectivity index (χ4v) is 2.41. The third-order valence-corrected chi connectivity index (χ3v) is 4.52. The average Bonchev–Trinajstić information content (AvgIpc) is 2.17. The predicted octanol–water partition coefficient (Wildman–Crippen LogP) is 1.25. The molecule has 5 heteroatoms. The first-order valence-electron chi connectivity index (χ1n) is 6.02. The number of hydrogen-bond donors (Lipinski definition) is 1. The molecular weight excluding hydrogens is 220 g/mol.